The predicted molar refractivity (Wildman–Crippen MR) is 70.8 cm³/mol. The number of aliphatic imine (C=N–C) groups is 1. The van der Waals surface area contributed by atoms with E-state index < -0.39 is 16.8 Å². The molecule has 0 radical (unpaired) electrons. The molecule has 0 aromatic carbocycles. The van der Waals surface area contributed by atoms with Crippen LogP contribution in [0.5, 0.6) is 0 Å². The fourth-order valence-electron chi connectivity index (χ4n) is 2.04. The number of nitro groups is 1. The summed E-state index contributed by atoms with van der Waals surface area (Å²) < 4.78 is 5.11. The molecule has 0 amide bonds. The zero-order valence-corrected chi connectivity index (χ0v) is 11.2. The Morgan fingerprint density at radius 2 is 2.33 bits per heavy atom. The number of rotatable bonds is 3. The Balaban J connectivity index is 2.48. The first-order valence-electron chi connectivity index (χ1n) is 5.89. The highest BCUT2D eigenvalue weighted by Gasteiger charge is 2.30. The Kier molecular flexibility index (Phi) is 3.71. The number of guanidine groups is 1. The third-order valence-corrected chi connectivity index (χ3v) is 2.86. The van der Waals surface area contributed by atoms with Crippen LogP contribution in [0.25, 0.3) is 0 Å². The zero-order valence-electron chi connectivity index (χ0n) is 11.2. The van der Waals surface area contributed by atoms with Gasteiger partial charge in [-0.3, -0.25) is 20.2 Å². The van der Waals surface area contributed by atoms with E-state index in [9.17, 15) is 14.9 Å². The lowest BCUT2D eigenvalue weighted by atomic mass is 9.98. The topological polar surface area (TPSA) is 134 Å². The quantitative estimate of drug-likeness (QED) is 0.368. The molecule has 108 valence electrons. The molecule has 0 unspecified atom stereocenters. The lowest BCUT2D eigenvalue weighted by Crippen LogP contribution is -2.38. The van der Waals surface area contributed by atoms with E-state index >= 15 is 0 Å². The van der Waals surface area contributed by atoms with E-state index in [0.29, 0.717) is 11.3 Å². The van der Waals surface area contributed by atoms with Crippen LogP contribution in [-0.2, 0) is 4.79 Å². The number of hydrogen-bond donors (Lipinski definition) is 2. The summed E-state index contributed by atoms with van der Waals surface area (Å²) in [4.78, 5) is 25.9. The van der Waals surface area contributed by atoms with Gasteiger partial charge in [0.1, 0.15) is 16.7 Å². The van der Waals surface area contributed by atoms with Crippen molar-refractivity contribution < 1.29 is 14.1 Å². The predicted octanol–water partition coefficient (Wildman–Crippen LogP) is 1.12. The molecule has 1 aliphatic rings. The fraction of sp³-hybridized carbons (Fsp3) is 0.250. The van der Waals surface area contributed by atoms with E-state index in [1.807, 2.05) is 0 Å². The Hall–Kier alpha value is -3.15. The van der Waals surface area contributed by atoms with E-state index in [2.05, 4.69) is 15.6 Å². The molecule has 0 saturated heterocycles. The van der Waals surface area contributed by atoms with Crippen molar-refractivity contribution in [3.63, 3.8) is 0 Å². The van der Waals surface area contributed by atoms with Crippen LogP contribution in [-0.4, -0.2) is 16.7 Å². The van der Waals surface area contributed by atoms with E-state index in [4.69, 9.17) is 9.68 Å². The van der Waals surface area contributed by atoms with Gasteiger partial charge >= 0.3 is 5.88 Å². The molecule has 9 heteroatoms. The lowest BCUT2D eigenvalue weighted by molar-refractivity contribution is -0.402. The van der Waals surface area contributed by atoms with Gasteiger partial charge in [0, 0.05) is 11.3 Å². The maximum Gasteiger partial charge on any atom is 0.433 e. The molecule has 1 aromatic rings. The van der Waals surface area contributed by atoms with E-state index in [0.717, 1.165) is 0 Å². The van der Waals surface area contributed by atoms with Gasteiger partial charge in [0.05, 0.1) is 6.07 Å². The van der Waals surface area contributed by atoms with Gasteiger partial charge in [-0.25, -0.2) is 4.99 Å². The van der Waals surface area contributed by atoms with Gasteiger partial charge in [0.25, 0.3) is 0 Å². The average molecular weight is 289 g/mol. The zero-order chi connectivity index (χ0) is 15.6. The Morgan fingerprint density at radius 1 is 1.62 bits per heavy atom. The first-order chi connectivity index (χ1) is 9.93. The van der Waals surface area contributed by atoms with Crippen LogP contribution in [0.15, 0.2) is 32.8 Å². The van der Waals surface area contributed by atoms with Crippen LogP contribution in [0.2, 0.25) is 0 Å². The lowest BCUT2D eigenvalue weighted by Gasteiger charge is -2.23. The molecule has 21 heavy (non-hydrogen) atoms. The molecule has 2 heterocycles. The van der Waals surface area contributed by atoms with E-state index in [1.54, 1.807) is 13.1 Å². The third-order valence-electron chi connectivity index (χ3n) is 2.86. The van der Waals surface area contributed by atoms with Crippen LogP contribution in [0.1, 0.15) is 25.6 Å². The second kappa shape index (κ2) is 5.46. The van der Waals surface area contributed by atoms with E-state index in [-0.39, 0.29) is 17.5 Å². The molecule has 0 bridgehead atoms. The highest BCUT2D eigenvalue weighted by atomic mass is 16.6. The molecule has 0 fully saturated rings. The monoisotopic (exact) mass is 289 g/mol. The summed E-state index contributed by atoms with van der Waals surface area (Å²) in [5, 5.41) is 24.4. The number of Topliss-reactive ketones (excluding diaryl/α,β-unsaturated/α-hetero) is 1. The minimum Gasteiger partial charge on any atom is -0.403 e. The first-order valence-corrected chi connectivity index (χ1v) is 5.89. The first kappa shape index (κ1) is 14.3. The van der Waals surface area contributed by atoms with Crippen molar-refractivity contribution in [3.8, 4) is 6.19 Å². The number of nitriles is 1. The number of nitrogens with zero attached hydrogens (tertiary/aromatic N) is 3. The highest BCUT2D eigenvalue weighted by molar-refractivity contribution is 5.98. The highest BCUT2D eigenvalue weighted by Crippen LogP contribution is 2.33. The minimum absolute atomic E-state index is 0.143. The van der Waals surface area contributed by atoms with Crippen LogP contribution >= 0.6 is 0 Å². The largest absolute Gasteiger partial charge is 0.433 e. The average Bonchev–Trinajstić information content (AvgIpc) is 2.87. The Labute approximate surface area is 119 Å². The summed E-state index contributed by atoms with van der Waals surface area (Å²) in [5.74, 6) is -0.382. The molecule has 1 aromatic heterocycles. The second-order valence-electron chi connectivity index (χ2n) is 4.27. The second-order valence-corrected chi connectivity index (χ2v) is 4.27. The number of furan rings is 1. The van der Waals surface area contributed by atoms with Crippen LogP contribution in [0.3, 0.4) is 0 Å². The summed E-state index contributed by atoms with van der Waals surface area (Å²) >= 11 is 0. The molecule has 0 spiro atoms. The number of nitrogens with one attached hydrogen (secondary N) is 2. The number of carbonyl (C=O) groups is 1. The SMILES string of the molecule is CC(=O)C1=C(C)NC(NC#N)=N[C@H]1c1ccc([N+](=O)[O-])o1. The van der Waals surface area contributed by atoms with Gasteiger partial charge in [-0.05, 0) is 19.9 Å². The van der Waals surface area contributed by atoms with Crippen molar-refractivity contribution in [2.45, 2.75) is 19.9 Å². The smallest absolute Gasteiger partial charge is 0.403 e. The molecule has 2 rings (SSSR count). The number of carbonyl (C=O) groups excluding carboxylic acids is 1. The van der Waals surface area contributed by atoms with Crippen LogP contribution in [0.4, 0.5) is 5.88 Å². The molecule has 0 aliphatic carbocycles. The third kappa shape index (κ3) is 2.74. The summed E-state index contributed by atoms with van der Waals surface area (Å²) in [6.45, 7) is 3.01. The molecule has 2 N–H and O–H groups in total. The maximum absolute atomic E-state index is 11.8. The number of ketones is 1. The summed E-state index contributed by atoms with van der Waals surface area (Å²) in [7, 11) is 0. The Bertz CT molecular complexity index is 709. The van der Waals surface area contributed by atoms with Crippen molar-refractivity contribution in [1.29, 1.82) is 5.26 Å². The maximum atomic E-state index is 11.8. The number of allylic oxidation sites excluding steroid dienone is 1. The standard InChI is InChI=1S/C12H11N5O4/c1-6-10(7(2)18)11(16-12(15-6)14-5-13)8-3-4-9(21-8)17(19)20/h3-4,11H,1-2H3,(H2,14,15,16)/t11-/m0/s1. The van der Waals surface area contributed by atoms with Gasteiger partial charge in [0.2, 0.25) is 5.96 Å². The molecular formula is C12H11N5O4. The molecule has 1 aliphatic heterocycles. The molecule has 1 atom stereocenters. The fourth-order valence-corrected chi connectivity index (χ4v) is 2.04. The van der Waals surface area contributed by atoms with Crippen molar-refractivity contribution >= 4 is 17.6 Å². The van der Waals surface area contributed by atoms with Crippen molar-refractivity contribution in [2.24, 2.45) is 4.99 Å². The van der Waals surface area contributed by atoms with Crippen molar-refractivity contribution in [3.05, 3.63) is 39.3 Å². The summed E-state index contributed by atoms with van der Waals surface area (Å²) in [5.41, 5.74) is 0.821. The van der Waals surface area contributed by atoms with Gasteiger partial charge in [-0.2, -0.15) is 5.26 Å². The van der Waals surface area contributed by atoms with Crippen LogP contribution < -0.4 is 10.6 Å². The normalized spacial score (nSPS) is 17.6. The molecule has 0 saturated carbocycles. The van der Waals surface area contributed by atoms with Crippen molar-refractivity contribution in [2.75, 3.05) is 0 Å². The Morgan fingerprint density at radius 3 is 2.86 bits per heavy atom. The van der Waals surface area contributed by atoms with Crippen molar-refractivity contribution in [1.82, 2.24) is 10.6 Å². The molecule has 9 nitrogen and oxygen atoms in total. The van der Waals surface area contributed by atoms with Crippen LogP contribution in [0, 0.1) is 21.6 Å². The van der Waals surface area contributed by atoms with Gasteiger partial charge in [-0.1, -0.05) is 0 Å². The molecular weight excluding hydrogens is 278 g/mol. The van der Waals surface area contributed by atoms with Gasteiger partial charge < -0.3 is 9.73 Å². The van der Waals surface area contributed by atoms with Gasteiger partial charge in [-0.15, -0.1) is 0 Å². The summed E-state index contributed by atoms with van der Waals surface area (Å²) in [6.07, 6.45) is 1.71. The number of hydrogen-bond acceptors (Lipinski definition) is 8. The minimum atomic E-state index is -0.840. The van der Waals surface area contributed by atoms with Gasteiger partial charge in [0.15, 0.2) is 12.0 Å². The summed E-state index contributed by atoms with van der Waals surface area (Å²) in [6, 6.07) is 1.74. The van der Waals surface area contributed by atoms with E-state index in [1.165, 1.54) is 19.1 Å².